The summed E-state index contributed by atoms with van der Waals surface area (Å²) < 4.78 is 28.5. The quantitative estimate of drug-likeness (QED) is 0.576. The number of amides is 1. The number of nitrogens with one attached hydrogen (secondary N) is 1. The smallest absolute Gasteiger partial charge is 0.308 e. The number of carbonyl (C=O) groups is 1. The molecule has 1 aromatic heterocycles. The van der Waals surface area contributed by atoms with Crippen molar-refractivity contribution in [3.63, 3.8) is 0 Å². The number of benzene rings is 2. The summed E-state index contributed by atoms with van der Waals surface area (Å²) in [5, 5.41) is 2.79. The summed E-state index contributed by atoms with van der Waals surface area (Å²) >= 11 is 1.12. The molecule has 0 aliphatic carbocycles. The Morgan fingerprint density at radius 2 is 1.77 bits per heavy atom. The van der Waals surface area contributed by atoms with E-state index in [1.807, 2.05) is 32.9 Å². The highest BCUT2D eigenvalue weighted by Gasteiger charge is 2.29. The number of hydrogen-bond donors (Lipinski definition) is 1. The molecule has 1 amide bonds. The molecule has 0 radical (unpaired) electrons. The number of thiazole rings is 1. The van der Waals surface area contributed by atoms with E-state index in [1.165, 1.54) is 0 Å². The van der Waals surface area contributed by atoms with E-state index < -0.39 is 22.0 Å². The van der Waals surface area contributed by atoms with Crippen molar-refractivity contribution in [3.05, 3.63) is 57.7 Å². The van der Waals surface area contributed by atoms with Crippen molar-refractivity contribution in [2.75, 3.05) is 15.9 Å². The molecule has 0 aliphatic rings. The molecule has 166 valence electrons. The third kappa shape index (κ3) is 4.83. The molecule has 2 aromatic carbocycles. The van der Waals surface area contributed by atoms with Crippen LogP contribution in [0.4, 0.5) is 11.4 Å². The van der Waals surface area contributed by atoms with Crippen LogP contribution >= 0.6 is 11.3 Å². The average Bonchev–Trinajstić information content (AvgIpc) is 3.02. The van der Waals surface area contributed by atoms with E-state index in [9.17, 15) is 18.0 Å². The Morgan fingerprint density at radius 3 is 2.32 bits per heavy atom. The zero-order valence-electron chi connectivity index (χ0n) is 18.2. The average molecular weight is 462 g/mol. The van der Waals surface area contributed by atoms with Crippen LogP contribution in [-0.2, 0) is 21.2 Å². The van der Waals surface area contributed by atoms with Gasteiger partial charge in [0.15, 0.2) is 0 Å². The van der Waals surface area contributed by atoms with Crippen molar-refractivity contribution in [3.8, 4) is 0 Å². The van der Waals surface area contributed by atoms with Crippen LogP contribution in [0, 0.1) is 0 Å². The highest BCUT2D eigenvalue weighted by Crippen LogP contribution is 2.26. The predicted octanol–water partition coefficient (Wildman–Crippen LogP) is 4.00. The maximum absolute atomic E-state index is 12.9. The number of rotatable bonds is 7. The lowest BCUT2D eigenvalue weighted by Crippen LogP contribution is -2.45. The zero-order valence-corrected chi connectivity index (χ0v) is 19.9. The number of hydrogen-bond acceptors (Lipinski definition) is 5. The van der Waals surface area contributed by atoms with E-state index in [2.05, 4.69) is 5.32 Å². The van der Waals surface area contributed by atoms with E-state index in [-0.39, 0.29) is 10.9 Å². The second kappa shape index (κ2) is 8.84. The van der Waals surface area contributed by atoms with Crippen molar-refractivity contribution in [1.82, 2.24) is 4.57 Å². The second-order valence-electron chi connectivity index (χ2n) is 7.76. The van der Waals surface area contributed by atoms with Crippen molar-refractivity contribution in [2.24, 2.45) is 0 Å². The SMILES string of the molecule is CCc1ccc(N(C(C)C(=O)Nc2ccc3c(c2)sc(=O)n3C(C)C)S(C)(=O)=O)cc1. The minimum absolute atomic E-state index is 0.0316. The Hall–Kier alpha value is -2.65. The van der Waals surface area contributed by atoms with Gasteiger partial charge >= 0.3 is 4.87 Å². The maximum atomic E-state index is 12.9. The Bertz CT molecular complexity index is 1260. The molecule has 31 heavy (non-hydrogen) atoms. The molecule has 0 aliphatic heterocycles. The van der Waals surface area contributed by atoms with E-state index in [0.29, 0.717) is 11.4 Å². The number of nitrogens with zero attached hydrogens (tertiary/aromatic N) is 2. The number of aryl methyl sites for hydroxylation is 1. The highest BCUT2D eigenvalue weighted by molar-refractivity contribution is 7.92. The third-order valence-electron chi connectivity index (χ3n) is 5.08. The van der Waals surface area contributed by atoms with Gasteiger partial charge in [-0.15, -0.1) is 0 Å². The molecule has 7 nitrogen and oxygen atoms in total. The minimum Gasteiger partial charge on any atom is -0.324 e. The fourth-order valence-electron chi connectivity index (χ4n) is 3.54. The van der Waals surface area contributed by atoms with E-state index in [0.717, 1.165) is 44.1 Å². The second-order valence-corrected chi connectivity index (χ2v) is 10.6. The van der Waals surface area contributed by atoms with E-state index in [4.69, 9.17) is 0 Å². The Labute approximate surface area is 186 Å². The molecular formula is C22H27N3O4S2. The predicted molar refractivity (Wildman–Crippen MR) is 128 cm³/mol. The summed E-state index contributed by atoms with van der Waals surface area (Å²) in [5.74, 6) is -0.458. The standard InChI is InChI=1S/C22H27N3O4S2/c1-6-16-7-10-18(11-8-16)25(31(5,28)29)15(4)21(26)23-17-9-12-19-20(13-17)30-22(27)24(19)14(2)3/h7-15H,6H2,1-5H3,(H,23,26). The molecule has 0 saturated heterocycles. The third-order valence-corrected chi connectivity index (χ3v) is 7.24. The van der Waals surface area contributed by atoms with Gasteiger partial charge in [0.2, 0.25) is 15.9 Å². The molecule has 0 saturated carbocycles. The van der Waals surface area contributed by atoms with Gasteiger partial charge in [-0.05, 0) is 63.1 Å². The van der Waals surface area contributed by atoms with Crippen LogP contribution in [0.2, 0.25) is 0 Å². The minimum atomic E-state index is -3.69. The zero-order chi connectivity index (χ0) is 22.9. The Balaban J connectivity index is 1.89. The normalized spacial score (nSPS) is 12.8. The van der Waals surface area contributed by atoms with Crippen LogP contribution < -0.4 is 14.5 Å². The number of anilines is 2. The summed E-state index contributed by atoms with van der Waals surface area (Å²) in [7, 11) is -3.69. The van der Waals surface area contributed by atoms with Gasteiger partial charge in [0.1, 0.15) is 6.04 Å². The molecule has 0 bridgehead atoms. The molecular weight excluding hydrogens is 434 g/mol. The lowest BCUT2D eigenvalue weighted by Gasteiger charge is -2.28. The first-order valence-corrected chi connectivity index (χ1v) is 12.7. The van der Waals surface area contributed by atoms with Crippen LogP contribution in [0.1, 0.15) is 39.3 Å². The summed E-state index contributed by atoms with van der Waals surface area (Å²) in [6, 6.07) is 11.5. The Kier molecular flexibility index (Phi) is 6.56. The molecule has 9 heteroatoms. The first-order chi connectivity index (χ1) is 14.5. The summed E-state index contributed by atoms with van der Waals surface area (Å²) in [4.78, 5) is 25.1. The van der Waals surface area contributed by atoms with Gasteiger partial charge in [0, 0.05) is 11.7 Å². The van der Waals surface area contributed by atoms with E-state index in [1.54, 1.807) is 41.8 Å². The van der Waals surface area contributed by atoms with Crippen molar-refractivity contribution < 1.29 is 13.2 Å². The van der Waals surface area contributed by atoms with E-state index >= 15 is 0 Å². The molecule has 0 spiro atoms. The number of carbonyl (C=O) groups excluding carboxylic acids is 1. The lowest BCUT2D eigenvalue weighted by molar-refractivity contribution is -0.116. The summed E-state index contributed by atoms with van der Waals surface area (Å²) in [6.45, 7) is 7.45. The van der Waals surface area contributed by atoms with Gasteiger partial charge in [-0.2, -0.15) is 0 Å². The molecule has 1 heterocycles. The first kappa shape index (κ1) is 23.0. The Morgan fingerprint density at radius 1 is 1.13 bits per heavy atom. The molecule has 0 fully saturated rings. The van der Waals surface area contributed by atoms with Gasteiger partial charge in [-0.3, -0.25) is 18.5 Å². The topological polar surface area (TPSA) is 88.5 Å². The van der Waals surface area contributed by atoms with Crippen LogP contribution in [0.3, 0.4) is 0 Å². The van der Waals surface area contributed by atoms with Crippen LogP contribution in [0.15, 0.2) is 47.3 Å². The molecule has 3 rings (SSSR count). The van der Waals surface area contributed by atoms with Crippen LogP contribution in [0.25, 0.3) is 10.2 Å². The number of fused-ring (bicyclic) bond motifs is 1. The molecule has 1 atom stereocenters. The van der Waals surface area contributed by atoms with Crippen molar-refractivity contribution in [2.45, 2.75) is 46.2 Å². The molecule has 3 aromatic rings. The van der Waals surface area contributed by atoms with Gasteiger partial charge in [-0.25, -0.2) is 8.42 Å². The summed E-state index contributed by atoms with van der Waals surface area (Å²) in [5.41, 5.74) is 2.83. The first-order valence-electron chi connectivity index (χ1n) is 10.1. The lowest BCUT2D eigenvalue weighted by atomic mass is 10.1. The van der Waals surface area contributed by atoms with Crippen LogP contribution in [0.5, 0.6) is 0 Å². The van der Waals surface area contributed by atoms with Crippen molar-refractivity contribution >= 4 is 48.9 Å². The summed E-state index contributed by atoms with van der Waals surface area (Å²) in [6.07, 6.45) is 1.92. The van der Waals surface area contributed by atoms with Gasteiger partial charge in [0.05, 0.1) is 22.2 Å². The number of sulfonamides is 1. The largest absolute Gasteiger partial charge is 0.324 e. The van der Waals surface area contributed by atoms with Gasteiger partial charge in [0.25, 0.3) is 0 Å². The molecule has 1 unspecified atom stereocenters. The van der Waals surface area contributed by atoms with Crippen molar-refractivity contribution in [1.29, 1.82) is 0 Å². The molecule has 1 N–H and O–H groups in total. The van der Waals surface area contributed by atoms with Gasteiger partial charge < -0.3 is 5.32 Å². The highest BCUT2D eigenvalue weighted by atomic mass is 32.2. The fourth-order valence-corrected chi connectivity index (χ4v) is 5.76. The van der Waals surface area contributed by atoms with Crippen LogP contribution in [-0.4, -0.2) is 31.2 Å². The number of aromatic nitrogens is 1. The monoisotopic (exact) mass is 461 g/mol. The van der Waals surface area contributed by atoms with Gasteiger partial charge in [-0.1, -0.05) is 30.4 Å². The fraction of sp³-hybridized carbons (Fsp3) is 0.364. The maximum Gasteiger partial charge on any atom is 0.308 e.